The fraction of sp³-hybridized carbons (Fsp3) is 0.624. The third-order valence-electron chi connectivity index (χ3n) is 20.6. The molecule has 4 aromatic carbocycles. The normalized spacial score (nSPS) is 22.5. The molecule has 0 spiro atoms. The predicted octanol–water partition coefficient (Wildman–Crippen LogP) is 13.0. The molecule has 0 bridgehead atoms. The molecule has 3 N–H and O–H groups in total. The number of benzene rings is 4. The van der Waals surface area contributed by atoms with Crippen LogP contribution >= 0.6 is 0 Å². The first-order valence-electron chi connectivity index (χ1n) is 37.8. The Kier molecular flexibility index (Phi) is 46.1. The standard InChI is InChI=1S/C40H63NO8Si.C37H57NO7Si.C8H16.3Sn.2H/c1-13-28(3)34(42)30(5)36(49-37-35(48-38(43)45-12)33(41(10)11)24-29(4)47-37)40(9,44)25-27(2)26-46-50(39(6,7)8,31-20-16-14-17-21-31)32-22-18-15-19-23-32;1-12-27(3)33(45-34-32(44-35(39)41-11)31(38(9)10)23-28(4)43-34)37(8,40)24-26(2)25-42-46(36(5,6)7,29-19-15-13-16-20-29)30-21-17-14-18-22-30;1-3-5-7-8-6-4-2;;;;;/h13-23,27-30,33-37,42,44H,1,24-26H2,2-12H3;12-22,26-28,31-34,40H,1,23-25H2,2-11H3;3,5H,4,6-8H2,1-2H3;;;;;/b;;5-3+;;;;;/t27-,28+,29-,30+,33+,34-,35-,36-,37?,40-;26-,27+,28-,31+,32-,33-,34?,37-;;;;;;/m11....../s1. The number of nitrogens with zero attached hydrogens (tertiary/aromatic N) is 2. The molecule has 18 atom stereocenters. The molecule has 0 aliphatic carbocycles. The summed E-state index contributed by atoms with van der Waals surface area (Å²) in [4.78, 5) is 28.7. The Bertz CT molecular complexity index is 3070. The summed E-state index contributed by atoms with van der Waals surface area (Å²) in [6.45, 7) is 43.9. The van der Waals surface area contributed by atoms with Gasteiger partial charge in [-0.25, -0.2) is 9.59 Å². The second kappa shape index (κ2) is 48.3. The molecule has 2 aliphatic heterocycles. The molecule has 2 fully saturated rings. The van der Waals surface area contributed by atoms with E-state index in [0.29, 0.717) is 38.9 Å². The van der Waals surface area contributed by atoms with Crippen molar-refractivity contribution in [3.05, 3.63) is 159 Å². The first-order chi connectivity index (χ1) is 48.9. The van der Waals surface area contributed by atoms with E-state index in [0.717, 1.165) is 0 Å². The fourth-order valence-corrected chi connectivity index (χ4v) is 24.6. The minimum Gasteiger partial charge on any atom is 0 e. The summed E-state index contributed by atoms with van der Waals surface area (Å²) in [6.07, 6.45) is 7.01. The van der Waals surface area contributed by atoms with E-state index in [1.165, 1.54) is 60.6 Å². The van der Waals surface area contributed by atoms with Gasteiger partial charge in [-0.15, -0.1) is 13.2 Å². The number of carbonyl (C=O) groups is 2. The van der Waals surface area contributed by atoms with Gasteiger partial charge >= 0.3 is 60.1 Å². The number of hydrogen-bond acceptors (Lipinski definition) is 17. The predicted molar refractivity (Wildman–Crippen MR) is 446 cm³/mol. The van der Waals surface area contributed by atoms with Gasteiger partial charge in [-0.2, -0.15) is 0 Å². The number of methoxy groups -OCH3 is 2. The van der Waals surface area contributed by atoms with Crippen molar-refractivity contribution in [1.29, 1.82) is 0 Å². The molecular formula is C85H138N2O15Si2Sn3. The molecule has 6 rings (SSSR count). The van der Waals surface area contributed by atoms with E-state index in [9.17, 15) is 24.9 Å². The van der Waals surface area contributed by atoms with Crippen LogP contribution in [0, 0.1) is 29.6 Å². The summed E-state index contributed by atoms with van der Waals surface area (Å²) in [7, 11) is 4.66. The zero-order valence-electron chi connectivity index (χ0n) is 69.4. The molecule has 10 radical (unpaired) electrons. The Balaban J connectivity index is 0.000000947. The zero-order valence-corrected chi connectivity index (χ0v) is 80.8. The molecule has 0 aromatic heterocycles. The number of ether oxygens (including phenoxy) is 8. The van der Waals surface area contributed by atoms with Crippen molar-refractivity contribution in [1.82, 2.24) is 9.80 Å². The second-order valence-corrected chi connectivity index (χ2v) is 40.8. The van der Waals surface area contributed by atoms with Gasteiger partial charge in [0.1, 0.15) is 0 Å². The van der Waals surface area contributed by atoms with Crippen molar-refractivity contribution < 1.29 is 71.7 Å². The second-order valence-electron chi connectivity index (χ2n) is 32.2. The van der Waals surface area contributed by atoms with Gasteiger partial charge in [0.25, 0.3) is 16.6 Å². The number of hydrogen-bond donors (Lipinski definition) is 3. The number of likely N-dealkylation sites (N-methyl/N-ethyl adjacent to an activating group) is 2. The Morgan fingerprint density at radius 2 is 0.897 bits per heavy atom. The molecule has 107 heavy (non-hydrogen) atoms. The van der Waals surface area contributed by atoms with Gasteiger partial charge in [-0.1, -0.05) is 242 Å². The molecule has 0 amide bonds. The van der Waals surface area contributed by atoms with Crippen LogP contribution in [0.1, 0.15) is 169 Å². The van der Waals surface area contributed by atoms with Crippen LogP contribution in [0.3, 0.4) is 0 Å². The molecule has 598 valence electrons. The maximum absolute atomic E-state index is 12.4. The fourth-order valence-electron chi connectivity index (χ4n) is 15.2. The van der Waals surface area contributed by atoms with E-state index in [4.69, 9.17) is 46.7 Å². The monoisotopic (exact) mass is 1840 g/mol. The van der Waals surface area contributed by atoms with Crippen LogP contribution < -0.4 is 20.7 Å². The van der Waals surface area contributed by atoms with Crippen LogP contribution in [0.2, 0.25) is 10.1 Å². The van der Waals surface area contributed by atoms with Crippen molar-refractivity contribution in [3.8, 4) is 0 Å². The van der Waals surface area contributed by atoms with Crippen LogP contribution in [-0.4, -0.2) is 260 Å². The zero-order chi connectivity index (χ0) is 78.0. The average molecular weight is 1840 g/mol. The Labute approximate surface area is 698 Å². The quantitative estimate of drug-likeness (QED) is 0.0173. The van der Waals surface area contributed by atoms with Crippen LogP contribution in [0.25, 0.3) is 0 Å². The van der Waals surface area contributed by atoms with Crippen LogP contribution in [-0.2, 0) is 46.7 Å². The molecule has 22 heteroatoms. The summed E-state index contributed by atoms with van der Waals surface area (Å²) in [5, 5.41) is 40.4. The smallest absolute Gasteiger partial charge is 0 e. The van der Waals surface area contributed by atoms with E-state index in [-0.39, 0.29) is 130 Å². The van der Waals surface area contributed by atoms with E-state index in [1.807, 2.05) is 96.9 Å². The molecule has 0 saturated carbocycles. The van der Waals surface area contributed by atoms with Gasteiger partial charge in [-0.3, -0.25) is 0 Å². The van der Waals surface area contributed by atoms with Gasteiger partial charge < -0.3 is 71.9 Å². The molecular weight excluding hydrogens is 1700 g/mol. The number of allylic oxidation sites excluding steroid dienone is 2. The average Bonchev–Trinajstić information content (AvgIpc) is 0.756. The first-order valence-corrected chi connectivity index (χ1v) is 41.6. The van der Waals surface area contributed by atoms with E-state index in [2.05, 4.69) is 192 Å². The van der Waals surface area contributed by atoms with Gasteiger partial charge in [0.05, 0.1) is 68.0 Å². The Morgan fingerprint density at radius 3 is 1.19 bits per heavy atom. The SMILES string of the molecule is C/C=C/CCCCC.C=C[C@H](C)[C@@H](O)[C@H](C)[C@@H](OC1O[C@H](C)C[C@H](N(C)C)[C@H]1OC(=O)OC)[C@](C)(O)C[C@@H](C)CO[Si](c1ccccc1)(c1ccccc1)C(C)(C)C.C=C[C@H](C)[C@@H](OC1O[C@H](C)C[C@H](N(C)C)[C@H]1OC(=O)OC)[C@](C)(O)C[C@@H](C)CO[Si](c1ccccc1)(c1ccccc1)C(C)(C)C.[SnH].[SnH].[Sn]. The van der Waals surface area contributed by atoms with Crippen molar-refractivity contribution in [2.24, 2.45) is 29.6 Å². The van der Waals surface area contributed by atoms with Crippen LogP contribution in [0.15, 0.2) is 159 Å². The Morgan fingerprint density at radius 1 is 0.570 bits per heavy atom. The first kappa shape index (κ1) is 102. The van der Waals surface area contributed by atoms with Gasteiger partial charge in [-0.05, 0) is 144 Å². The van der Waals surface area contributed by atoms with Crippen molar-refractivity contribution in [2.75, 3.05) is 55.6 Å². The largest absolute Gasteiger partial charge is 0 e. The van der Waals surface area contributed by atoms with E-state index in [1.54, 1.807) is 26.0 Å². The summed E-state index contributed by atoms with van der Waals surface area (Å²) in [6, 6.07) is 41.7. The summed E-state index contributed by atoms with van der Waals surface area (Å²) >= 11 is 0. The Hall–Kier alpha value is -2.97. The number of rotatable bonds is 34. The number of carbonyl (C=O) groups excluding carboxylic acids is 2. The maximum Gasteiger partial charge on any atom is 0 e. The van der Waals surface area contributed by atoms with Crippen molar-refractivity contribution in [2.45, 2.75) is 258 Å². The van der Waals surface area contributed by atoms with Crippen LogP contribution in [0.5, 0.6) is 0 Å². The molecule has 2 heterocycles. The third-order valence-corrected chi connectivity index (χ3v) is 30.6. The molecule has 2 unspecified atom stereocenters. The van der Waals surface area contributed by atoms with Gasteiger partial charge in [0.15, 0.2) is 24.8 Å². The van der Waals surface area contributed by atoms with Gasteiger partial charge in [0.2, 0.25) is 0 Å². The van der Waals surface area contributed by atoms with Crippen molar-refractivity contribution >= 4 is 121 Å². The number of aliphatic hydroxyl groups is 3. The van der Waals surface area contributed by atoms with Crippen LogP contribution in [0.4, 0.5) is 9.59 Å². The molecule has 2 aliphatic rings. The van der Waals surface area contributed by atoms with Crippen molar-refractivity contribution in [3.63, 3.8) is 0 Å². The van der Waals surface area contributed by atoms with E-state index < -0.39 is 89.2 Å². The molecule has 4 aromatic rings. The topological polar surface area (TPSA) is 194 Å². The van der Waals surface area contributed by atoms with E-state index >= 15 is 0 Å². The maximum atomic E-state index is 12.4. The number of unbranched alkanes of at least 4 members (excludes halogenated alkanes) is 3. The summed E-state index contributed by atoms with van der Waals surface area (Å²) in [5.74, 6) is -1.20. The minimum absolute atomic E-state index is 0. The molecule has 2 saturated heterocycles. The third kappa shape index (κ3) is 29.1. The minimum atomic E-state index is -2.81. The summed E-state index contributed by atoms with van der Waals surface area (Å²) < 4.78 is 61.4. The number of aliphatic hydroxyl groups excluding tert-OH is 1. The molecule has 17 nitrogen and oxygen atoms in total. The summed E-state index contributed by atoms with van der Waals surface area (Å²) in [5.41, 5.74) is -2.75. The van der Waals surface area contributed by atoms with Gasteiger partial charge in [0, 0.05) is 54.9 Å².